The van der Waals surface area contributed by atoms with Gasteiger partial charge in [0.2, 0.25) is 0 Å². The molecule has 0 unspecified atom stereocenters. The summed E-state index contributed by atoms with van der Waals surface area (Å²) in [5, 5.41) is 2.91. The fourth-order valence-corrected chi connectivity index (χ4v) is 7.11. The molecule has 3 aliphatic rings. The minimum absolute atomic E-state index is 0.0454. The number of hydrogen-bond acceptors (Lipinski definition) is 6. The van der Waals surface area contributed by atoms with E-state index in [9.17, 15) is 9.59 Å². The first-order valence-electron chi connectivity index (χ1n) is 14.1. The van der Waals surface area contributed by atoms with Crippen LogP contribution in [0.4, 0.5) is 10.5 Å². The fourth-order valence-electron chi connectivity index (χ4n) is 5.97. The van der Waals surface area contributed by atoms with Crippen LogP contribution < -0.4 is 10.2 Å². The van der Waals surface area contributed by atoms with Crippen molar-refractivity contribution in [1.29, 1.82) is 0 Å². The minimum Gasteiger partial charge on any atom is -0.444 e. The van der Waals surface area contributed by atoms with E-state index in [-0.39, 0.29) is 11.9 Å². The summed E-state index contributed by atoms with van der Waals surface area (Å²) in [4.78, 5) is 34.4. The van der Waals surface area contributed by atoms with Crippen LogP contribution in [-0.4, -0.2) is 78.8 Å². The molecular weight excluding hydrogens is 496 g/mol. The summed E-state index contributed by atoms with van der Waals surface area (Å²) in [6.07, 6.45) is 5.85. The van der Waals surface area contributed by atoms with E-state index in [1.165, 1.54) is 31.4 Å². The van der Waals surface area contributed by atoms with E-state index in [4.69, 9.17) is 4.74 Å². The molecule has 0 spiro atoms. The molecule has 2 amide bonds. The lowest BCUT2D eigenvalue weighted by Gasteiger charge is -2.39. The Morgan fingerprint density at radius 3 is 2.32 bits per heavy atom. The van der Waals surface area contributed by atoms with Crippen LogP contribution in [0.15, 0.2) is 30.3 Å². The largest absolute Gasteiger partial charge is 0.444 e. The number of hydrogen-bond donors (Lipinski definition) is 1. The van der Waals surface area contributed by atoms with E-state index >= 15 is 0 Å². The first-order valence-corrected chi connectivity index (χ1v) is 15.0. The second-order valence-electron chi connectivity index (χ2n) is 12.0. The molecule has 0 bridgehead atoms. The van der Waals surface area contributed by atoms with Crippen molar-refractivity contribution in [2.45, 2.75) is 77.5 Å². The zero-order valence-electron chi connectivity index (χ0n) is 23.3. The van der Waals surface area contributed by atoms with Gasteiger partial charge in [-0.25, -0.2) is 4.79 Å². The molecule has 3 heterocycles. The summed E-state index contributed by atoms with van der Waals surface area (Å²) >= 11 is 1.56. The third kappa shape index (κ3) is 6.34. The van der Waals surface area contributed by atoms with Gasteiger partial charge in [-0.2, -0.15) is 0 Å². The molecule has 1 aromatic heterocycles. The lowest BCUT2D eigenvalue weighted by Crippen LogP contribution is -2.49. The smallest absolute Gasteiger partial charge is 0.407 e. The van der Waals surface area contributed by atoms with Gasteiger partial charge in [0.25, 0.3) is 5.91 Å². The van der Waals surface area contributed by atoms with Crippen molar-refractivity contribution in [2.24, 2.45) is 0 Å². The number of amides is 2. The average Bonchev–Trinajstić information content (AvgIpc) is 3.64. The normalized spacial score (nSPS) is 21.2. The summed E-state index contributed by atoms with van der Waals surface area (Å²) in [5.74, 6) is 0.0454. The van der Waals surface area contributed by atoms with Gasteiger partial charge in [0.05, 0.1) is 10.9 Å². The van der Waals surface area contributed by atoms with Crippen LogP contribution in [0.1, 0.15) is 68.1 Å². The maximum atomic E-state index is 13.3. The van der Waals surface area contributed by atoms with E-state index in [1.54, 1.807) is 11.3 Å². The van der Waals surface area contributed by atoms with Gasteiger partial charge in [0.15, 0.2) is 0 Å². The molecule has 1 saturated carbocycles. The maximum absolute atomic E-state index is 13.3. The minimum atomic E-state index is -0.537. The van der Waals surface area contributed by atoms with Crippen LogP contribution in [-0.2, 0) is 4.74 Å². The first-order chi connectivity index (χ1) is 18.2. The molecule has 2 saturated heterocycles. The Balaban J connectivity index is 1.17. The Morgan fingerprint density at radius 2 is 1.66 bits per heavy atom. The molecule has 1 aromatic carbocycles. The summed E-state index contributed by atoms with van der Waals surface area (Å²) < 4.78 is 5.37. The molecule has 7 nitrogen and oxygen atoms in total. The molecule has 1 aliphatic carbocycles. The van der Waals surface area contributed by atoms with Crippen LogP contribution in [0.3, 0.4) is 0 Å². The number of carbonyl (C=O) groups is 2. The summed E-state index contributed by atoms with van der Waals surface area (Å²) in [6.45, 7) is 13.2. The lowest BCUT2D eigenvalue weighted by molar-refractivity contribution is 0.0502. The number of alkyl carbamates (subject to hydrolysis) is 1. The summed E-state index contributed by atoms with van der Waals surface area (Å²) in [6, 6.07) is 11.7. The van der Waals surface area contributed by atoms with Gasteiger partial charge >= 0.3 is 6.09 Å². The third-order valence-electron chi connectivity index (χ3n) is 7.98. The molecule has 2 aromatic rings. The number of carbonyl (C=O) groups excluding carboxylic acids is 2. The number of nitrogens with zero attached hydrogens (tertiary/aromatic N) is 3. The van der Waals surface area contributed by atoms with Gasteiger partial charge in [-0.1, -0.05) is 25.0 Å². The molecule has 206 valence electrons. The Bertz CT molecular complexity index is 1130. The van der Waals surface area contributed by atoms with Gasteiger partial charge in [-0.15, -0.1) is 11.3 Å². The zero-order chi connectivity index (χ0) is 26.9. The number of aryl methyl sites for hydroxylation is 1. The van der Waals surface area contributed by atoms with E-state index in [2.05, 4.69) is 45.4 Å². The predicted molar refractivity (Wildman–Crippen MR) is 154 cm³/mol. The van der Waals surface area contributed by atoms with Crippen molar-refractivity contribution >= 4 is 29.0 Å². The first kappa shape index (κ1) is 27.0. The number of anilines is 1. The molecule has 1 N–H and O–H groups in total. The Hall–Kier alpha value is -2.58. The molecule has 0 radical (unpaired) electrons. The number of likely N-dealkylation sites (tertiary alicyclic amines) is 1. The van der Waals surface area contributed by atoms with Crippen molar-refractivity contribution in [3.8, 4) is 10.4 Å². The standard InChI is InChI=1S/C30H42N4O3S/c1-21-19-26(38-27(21)28(35)34-14-13-23(20-34)31-29(36)37-30(2,3)4)22-9-11-25(12-10-22)33-17-15-32(16-18-33)24-7-5-6-8-24/h9-12,19,23-24H,5-8,13-18,20H2,1-4H3,(H,31,36)/t23-/m0/s1. The SMILES string of the molecule is Cc1cc(-c2ccc(N3CCN(C4CCCC4)CC3)cc2)sc1C(=O)N1CC[C@H](NC(=O)OC(C)(C)C)C1. The van der Waals surface area contributed by atoms with Crippen molar-refractivity contribution < 1.29 is 14.3 Å². The molecule has 5 rings (SSSR count). The highest BCUT2D eigenvalue weighted by molar-refractivity contribution is 7.17. The Labute approximate surface area is 231 Å². The number of rotatable bonds is 5. The highest BCUT2D eigenvalue weighted by Crippen LogP contribution is 2.34. The maximum Gasteiger partial charge on any atom is 0.407 e. The second-order valence-corrected chi connectivity index (χ2v) is 13.1. The van der Waals surface area contributed by atoms with Crippen LogP contribution >= 0.6 is 11.3 Å². The Morgan fingerprint density at radius 1 is 0.974 bits per heavy atom. The molecule has 3 fully saturated rings. The lowest BCUT2D eigenvalue weighted by atomic mass is 10.1. The van der Waals surface area contributed by atoms with Crippen LogP contribution in [0.5, 0.6) is 0 Å². The Kier molecular flexibility index (Phi) is 8.00. The molecule has 1 atom stereocenters. The van der Waals surface area contributed by atoms with Crippen molar-refractivity contribution in [3.05, 3.63) is 40.8 Å². The predicted octanol–water partition coefficient (Wildman–Crippen LogP) is 5.53. The van der Waals surface area contributed by atoms with Crippen LogP contribution in [0.2, 0.25) is 0 Å². The number of benzene rings is 1. The van der Waals surface area contributed by atoms with Gasteiger partial charge in [-0.3, -0.25) is 9.69 Å². The summed E-state index contributed by atoms with van der Waals surface area (Å²) in [7, 11) is 0. The third-order valence-corrected chi connectivity index (χ3v) is 9.25. The molecular formula is C30H42N4O3S. The zero-order valence-corrected chi connectivity index (χ0v) is 24.1. The summed E-state index contributed by atoms with van der Waals surface area (Å²) in [5.41, 5.74) is 2.90. The van der Waals surface area contributed by atoms with E-state index in [0.29, 0.717) is 13.1 Å². The molecule has 38 heavy (non-hydrogen) atoms. The van der Waals surface area contributed by atoms with Gasteiger partial charge in [0.1, 0.15) is 5.60 Å². The van der Waals surface area contributed by atoms with E-state index in [1.807, 2.05) is 32.6 Å². The monoisotopic (exact) mass is 538 g/mol. The van der Waals surface area contributed by atoms with Crippen LogP contribution in [0, 0.1) is 6.92 Å². The average molecular weight is 539 g/mol. The number of piperazine rings is 1. The fraction of sp³-hybridized carbons (Fsp3) is 0.600. The van der Waals surface area contributed by atoms with E-state index in [0.717, 1.165) is 59.5 Å². The van der Waals surface area contributed by atoms with Crippen LogP contribution in [0.25, 0.3) is 10.4 Å². The number of ether oxygens (including phenoxy) is 1. The van der Waals surface area contributed by atoms with Gasteiger partial charge in [-0.05, 0) is 76.3 Å². The van der Waals surface area contributed by atoms with Crippen molar-refractivity contribution in [3.63, 3.8) is 0 Å². The number of nitrogens with one attached hydrogen (secondary N) is 1. The molecule has 2 aliphatic heterocycles. The quantitative estimate of drug-likeness (QED) is 0.543. The van der Waals surface area contributed by atoms with Crippen molar-refractivity contribution in [1.82, 2.24) is 15.1 Å². The van der Waals surface area contributed by atoms with Gasteiger partial charge < -0.3 is 19.9 Å². The molecule has 8 heteroatoms. The van der Waals surface area contributed by atoms with Gasteiger partial charge in [0, 0.05) is 55.9 Å². The van der Waals surface area contributed by atoms with E-state index < -0.39 is 11.7 Å². The number of thiophene rings is 1. The topological polar surface area (TPSA) is 65.1 Å². The highest BCUT2D eigenvalue weighted by atomic mass is 32.1. The van der Waals surface area contributed by atoms with Crippen molar-refractivity contribution in [2.75, 3.05) is 44.2 Å². The second kappa shape index (κ2) is 11.3. The highest BCUT2D eigenvalue weighted by Gasteiger charge is 2.31.